The summed E-state index contributed by atoms with van der Waals surface area (Å²) in [6, 6.07) is 0. The van der Waals surface area contributed by atoms with Gasteiger partial charge in [0.25, 0.3) is 0 Å². The Morgan fingerprint density at radius 3 is 1.21 bits per heavy atom. The van der Waals surface area contributed by atoms with Crippen molar-refractivity contribution in [2.24, 2.45) is 0 Å². The van der Waals surface area contributed by atoms with Gasteiger partial charge in [0, 0.05) is 0 Å². The number of nitrogens with zero attached hydrogens (tertiary/aromatic N) is 1. The maximum absolute atomic E-state index is 3.74. The van der Waals surface area contributed by atoms with E-state index in [1.807, 2.05) is 0 Å². The molecule has 2 nitrogen and oxygen atoms in total. The summed E-state index contributed by atoms with van der Waals surface area (Å²) in [5.41, 5.74) is 0. The fourth-order valence-corrected chi connectivity index (χ4v) is 21.1. The molecule has 0 aliphatic heterocycles. The van der Waals surface area contributed by atoms with Crippen molar-refractivity contribution >= 4 is 0 Å². The van der Waals surface area contributed by atoms with E-state index in [2.05, 4.69) is 76.6 Å². The van der Waals surface area contributed by atoms with Crippen molar-refractivity contribution < 1.29 is 36.1 Å². The SMILES string of the molecule is C[CH2][Ta]([CH2]C)([CH2]C)([CH2]C)[NH]C.C[N](C)[Ta][C](C)(C)C. The summed E-state index contributed by atoms with van der Waals surface area (Å²) in [7, 11) is 6.55. The minimum atomic E-state index is -2.36. The third kappa shape index (κ3) is 8.43. The Labute approximate surface area is 134 Å². The summed E-state index contributed by atoms with van der Waals surface area (Å²) in [5, 5.41) is 0. The molecular weight excluding hydrogens is 570 g/mol. The van der Waals surface area contributed by atoms with E-state index in [9.17, 15) is 0 Å². The molecule has 0 aliphatic rings. The Hall–Kier alpha value is 1.40. The van der Waals surface area contributed by atoms with Gasteiger partial charge in [-0.1, -0.05) is 0 Å². The standard InChI is InChI=1S/C4H9.C2H6N.4C2H5.CH4N.2Ta/c1-4(2)3;1-3-2;5*1-2;;/h1-3H3;1-2H3;4*1H2,2H3;2H,1H3;;/q;-1;;;;;-1;2*+1. The van der Waals surface area contributed by atoms with E-state index >= 15 is 0 Å². The molecule has 0 rings (SSSR count). The third-order valence-electron chi connectivity index (χ3n) is 4.45. The van der Waals surface area contributed by atoms with Gasteiger partial charge in [0.2, 0.25) is 0 Å². The average molecular weight is 609 g/mol. The number of nitrogens with one attached hydrogen (secondary N) is 1. The fraction of sp³-hybridized carbons (Fsp3) is 1.00. The molecule has 4 heteroatoms. The summed E-state index contributed by atoms with van der Waals surface area (Å²) in [4.78, 5) is 0. The first-order valence-electron chi connectivity index (χ1n) is 7.63. The van der Waals surface area contributed by atoms with Crippen molar-refractivity contribution in [2.45, 2.75) is 70.7 Å². The monoisotopic (exact) mass is 609 g/mol. The van der Waals surface area contributed by atoms with Crippen molar-refractivity contribution in [1.29, 1.82) is 0 Å². The second-order valence-corrected chi connectivity index (χ2v) is 39.9. The van der Waals surface area contributed by atoms with Crippen LogP contribution in [0.25, 0.3) is 0 Å². The van der Waals surface area contributed by atoms with Gasteiger partial charge in [0.1, 0.15) is 0 Å². The molecule has 0 unspecified atom stereocenters. The van der Waals surface area contributed by atoms with E-state index in [1.54, 1.807) is 0 Å². The van der Waals surface area contributed by atoms with Crippen LogP contribution in [0.2, 0.25) is 22.2 Å². The van der Waals surface area contributed by atoms with Gasteiger partial charge in [-0.15, -0.1) is 0 Å². The van der Waals surface area contributed by atoms with Crippen LogP contribution < -0.4 is 3.72 Å². The molecular formula is C15H39N2Ta2. The van der Waals surface area contributed by atoms with Gasteiger partial charge >= 0.3 is 135 Å². The molecule has 0 saturated carbocycles. The van der Waals surface area contributed by atoms with Gasteiger partial charge in [-0.05, 0) is 0 Å². The molecule has 0 spiro atoms. The molecule has 0 aromatic heterocycles. The summed E-state index contributed by atoms with van der Waals surface area (Å²) in [6.45, 7) is 16.5. The normalized spacial score (nSPS) is 14.4. The molecule has 119 valence electrons. The van der Waals surface area contributed by atoms with Crippen molar-refractivity contribution in [3.05, 3.63) is 0 Å². The van der Waals surface area contributed by atoms with Gasteiger partial charge in [0.05, 0.1) is 0 Å². The van der Waals surface area contributed by atoms with Crippen molar-refractivity contribution in [3.63, 3.8) is 0 Å². The van der Waals surface area contributed by atoms with Crippen LogP contribution in [0.1, 0.15) is 48.5 Å². The van der Waals surface area contributed by atoms with Gasteiger partial charge in [0.15, 0.2) is 0 Å². The Balaban J connectivity index is 0. The number of hydrogen-bond donors (Lipinski definition) is 1. The Morgan fingerprint density at radius 1 is 0.895 bits per heavy atom. The molecule has 0 radical (unpaired) electrons. The number of rotatable bonds is 6. The molecule has 0 aromatic rings. The molecule has 0 aliphatic carbocycles. The minimum absolute atomic E-state index is 0.325. The van der Waals surface area contributed by atoms with Crippen LogP contribution in [0.5, 0.6) is 0 Å². The Morgan fingerprint density at radius 2 is 1.21 bits per heavy atom. The summed E-state index contributed by atoms with van der Waals surface area (Å²) >= 11 is -2.69. The maximum atomic E-state index is 3.74. The van der Waals surface area contributed by atoms with E-state index in [4.69, 9.17) is 0 Å². The van der Waals surface area contributed by atoms with E-state index in [0.717, 1.165) is 0 Å². The molecule has 19 heavy (non-hydrogen) atoms. The van der Waals surface area contributed by atoms with Gasteiger partial charge < -0.3 is 0 Å². The van der Waals surface area contributed by atoms with Crippen molar-refractivity contribution in [3.8, 4) is 0 Å². The predicted molar refractivity (Wildman–Crippen MR) is 84.4 cm³/mol. The van der Waals surface area contributed by atoms with E-state index in [0.29, 0.717) is 3.63 Å². The average Bonchev–Trinajstić information content (AvgIpc) is 2.32. The zero-order chi connectivity index (χ0) is 15.8. The van der Waals surface area contributed by atoms with Crippen LogP contribution in [0.15, 0.2) is 0 Å². The van der Waals surface area contributed by atoms with Crippen LogP contribution in [0.4, 0.5) is 0 Å². The van der Waals surface area contributed by atoms with Crippen molar-refractivity contribution in [1.82, 2.24) is 7.02 Å². The summed E-state index contributed by atoms with van der Waals surface area (Å²) in [5.74, 6) is 0. The van der Waals surface area contributed by atoms with Gasteiger partial charge in [-0.3, -0.25) is 0 Å². The zero-order valence-corrected chi connectivity index (χ0v) is 21.6. The molecule has 0 amide bonds. The van der Waals surface area contributed by atoms with Crippen LogP contribution in [0.3, 0.4) is 0 Å². The molecule has 1 N–H and O–H groups in total. The summed E-state index contributed by atoms with van der Waals surface area (Å²) in [6.07, 6.45) is 0. The molecule has 0 aromatic carbocycles. The van der Waals surface area contributed by atoms with Crippen LogP contribution >= 0.6 is 0 Å². The fourth-order valence-electron chi connectivity index (χ4n) is 2.57. The Bertz CT molecular complexity index is 194. The predicted octanol–water partition coefficient (Wildman–Crippen LogP) is 5.33. The van der Waals surface area contributed by atoms with Crippen LogP contribution in [-0.2, 0) is 36.1 Å². The zero-order valence-electron chi connectivity index (χ0n) is 15.2. The van der Waals surface area contributed by atoms with E-state index < -0.39 is 16.1 Å². The molecule has 0 fully saturated rings. The van der Waals surface area contributed by atoms with Crippen LogP contribution in [0, 0.1) is 0 Å². The quantitative estimate of drug-likeness (QED) is 0.439. The first kappa shape index (κ1) is 22.7. The number of hydrogen-bond acceptors (Lipinski definition) is 2. The van der Waals surface area contributed by atoms with Gasteiger partial charge in [-0.25, -0.2) is 0 Å². The first-order chi connectivity index (χ1) is 8.53. The molecule has 0 atom stereocenters. The third-order valence-corrected chi connectivity index (χ3v) is 36.4. The molecule has 0 saturated heterocycles. The molecule has 0 heterocycles. The molecule has 0 bridgehead atoms. The first-order valence-corrected chi connectivity index (χ1v) is 21.4. The van der Waals surface area contributed by atoms with E-state index in [1.165, 1.54) is 18.6 Å². The van der Waals surface area contributed by atoms with Crippen LogP contribution in [-0.4, -0.2) is 24.4 Å². The Kier molecular flexibility index (Phi) is 11.2. The second-order valence-electron chi connectivity index (χ2n) is 6.58. The summed E-state index contributed by atoms with van der Waals surface area (Å²) < 4.78 is 12.5. The van der Waals surface area contributed by atoms with Crippen molar-refractivity contribution in [2.75, 3.05) is 21.1 Å². The topological polar surface area (TPSA) is 15.3 Å². The van der Waals surface area contributed by atoms with Gasteiger partial charge in [-0.2, -0.15) is 0 Å². The van der Waals surface area contributed by atoms with E-state index in [-0.39, 0.29) is 20.0 Å². The second kappa shape index (κ2) is 9.42.